The Kier molecular flexibility index (Phi) is 3.42. The molecule has 0 amide bonds. The van der Waals surface area contributed by atoms with Crippen molar-refractivity contribution in [2.45, 2.75) is 40.0 Å². The molecule has 2 aromatic rings. The van der Waals surface area contributed by atoms with Gasteiger partial charge in [-0.2, -0.15) is 5.10 Å². The molecule has 1 aromatic heterocycles. The fourth-order valence-corrected chi connectivity index (χ4v) is 2.28. The normalized spacial score (nSPS) is 11.7. The fourth-order valence-electron chi connectivity index (χ4n) is 2.28. The summed E-state index contributed by atoms with van der Waals surface area (Å²) in [6, 6.07) is 6.03. The predicted molar refractivity (Wildman–Crippen MR) is 78.7 cm³/mol. The summed E-state index contributed by atoms with van der Waals surface area (Å²) < 4.78 is 1.73. The van der Waals surface area contributed by atoms with Crippen LogP contribution in [0.4, 0.5) is 0 Å². The van der Waals surface area contributed by atoms with Crippen molar-refractivity contribution in [1.29, 1.82) is 0 Å². The maximum absolute atomic E-state index is 11.4. The van der Waals surface area contributed by atoms with E-state index in [1.807, 2.05) is 45.9 Å². The third-order valence-electron chi connectivity index (χ3n) is 3.45. The zero-order valence-corrected chi connectivity index (χ0v) is 12.6. The summed E-state index contributed by atoms with van der Waals surface area (Å²) in [7, 11) is 0. The van der Waals surface area contributed by atoms with Gasteiger partial charge in [-0.15, -0.1) is 0 Å². The molecule has 0 aliphatic heterocycles. The molecular weight excluding hydrogens is 252 g/mol. The van der Waals surface area contributed by atoms with Crippen LogP contribution in [-0.4, -0.2) is 20.9 Å². The quantitative estimate of drug-likeness (QED) is 0.910. The second-order valence-electron chi connectivity index (χ2n) is 6.14. The number of carbonyl (C=O) groups is 1. The summed E-state index contributed by atoms with van der Waals surface area (Å²) in [4.78, 5) is 11.4. The number of aromatic nitrogens is 2. The van der Waals surface area contributed by atoms with Crippen molar-refractivity contribution in [1.82, 2.24) is 9.78 Å². The first-order chi connectivity index (χ1) is 9.21. The van der Waals surface area contributed by atoms with Crippen LogP contribution in [0.5, 0.6) is 0 Å². The number of hydrogen-bond acceptors (Lipinski definition) is 2. The predicted octanol–water partition coefficient (Wildman–Crippen LogP) is 3.48. The maximum Gasteiger partial charge on any atom is 0.339 e. The Bertz CT molecular complexity index is 664. The summed E-state index contributed by atoms with van der Waals surface area (Å²) in [5, 5.41) is 13.6. The van der Waals surface area contributed by atoms with Crippen LogP contribution in [0.2, 0.25) is 0 Å². The molecule has 0 spiro atoms. The number of carboxylic acids is 1. The molecule has 0 atom stereocenters. The minimum atomic E-state index is -0.940. The molecule has 0 unspecified atom stereocenters. The monoisotopic (exact) mass is 272 g/mol. The zero-order chi connectivity index (χ0) is 15.1. The van der Waals surface area contributed by atoms with Gasteiger partial charge in [-0.05, 0) is 37.1 Å². The largest absolute Gasteiger partial charge is 0.478 e. The Labute approximate surface area is 119 Å². The molecule has 1 heterocycles. The number of hydrogen-bond donors (Lipinski definition) is 1. The Morgan fingerprint density at radius 3 is 2.35 bits per heavy atom. The van der Waals surface area contributed by atoms with E-state index in [0.29, 0.717) is 5.69 Å². The summed E-state index contributed by atoms with van der Waals surface area (Å²) in [5.41, 5.74) is 3.93. The van der Waals surface area contributed by atoms with Crippen LogP contribution in [0.15, 0.2) is 24.4 Å². The minimum Gasteiger partial charge on any atom is -0.478 e. The van der Waals surface area contributed by atoms with E-state index in [2.05, 4.69) is 12.0 Å². The van der Waals surface area contributed by atoms with E-state index in [9.17, 15) is 9.90 Å². The molecule has 0 fully saturated rings. The van der Waals surface area contributed by atoms with Gasteiger partial charge < -0.3 is 5.11 Å². The van der Waals surface area contributed by atoms with Gasteiger partial charge in [0, 0.05) is 5.41 Å². The first-order valence-electron chi connectivity index (χ1n) is 6.61. The van der Waals surface area contributed by atoms with Gasteiger partial charge in [0.15, 0.2) is 0 Å². The SMILES string of the molecule is Cc1ccc(-n2ncc(C(=O)O)c2C(C)(C)C)cc1C. The van der Waals surface area contributed by atoms with E-state index in [-0.39, 0.29) is 11.0 Å². The molecule has 0 aliphatic carbocycles. The van der Waals surface area contributed by atoms with Crippen LogP contribution in [0.1, 0.15) is 48.0 Å². The molecular formula is C16H20N2O2. The number of aromatic carboxylic acids is 1. The average Bonchev–Trinajstić information content (AvgIpc) is 2.77. The van der Waals surface area contributed by atoms with E-state index in [4.69, 9.17) is 0 Å². The Morgan fingerprint density at radius 2 is 1.85 bits per heavy atom. The summed E-state index contributed by atoms with van der Waals surface area (Å²) in [6.45, 7) is 10.1. The third kappa shape index (κ3) is 2.46. The second-order valence-corrected chi connectivity index (χ2v) is 6.14. The van der Waals surface area contributed by atoms with Crippen molar-refractivity contribution < 1.29 is 9.90 Å². The van der Waals surface area contributed by atoms with Gasteiger partial charge in [0.25, 0.3) is 0 Å². The van der Waals surface area contributed by atoms with Crippen LogP contribution in [0, 0.1) is 13.8 Å². The molecule has 0 bridgehead atoms. The van der Waals surface area contributed by atoms with Crippen LogP contribution in [0.3, 0.4) is 0 Å². The Hall–Kier alpha value is -2.10. The Balaban J connectivity index is 2.68. The molecule has 106 valence electrons. The lowest BCUT2D eigenvalue weighted by molar-refractivity contribution is 0.0694. The first-order valence-corrected chi connectivity index (χ1v) is 6.61. The van der Waals surface area contributed by atoms with Gasteiger partial charge in [-0.25, -0.2) is 9.48 Å². The molecule has 0 radical (unpaired) electrons. The molecule has 0 aliphatic rings. The Morgan fingerprint density at radius 1 is 1.20 bits per heavy atom. The third-order valence-corrected chi connectivity index (χ3v) is 3.45. The number of carboxylic acid groups (broad SMARTS) is 1. The van der Waals surface area contributed by atoms with Gasteiger partial charge in [0.1, 0.15) is 5.56 Å². The highest BCUT2D eigenvalue weighted by Crippen LogP contribution is 2.28. The van der Waals surface area contributed by atoms with Crippen LogP contribution >= 0.6 is 0 Å². The van der Waals surface area contributed by atoms with Crippen molar-refractivity contribution >= 4 is 5.97 Å². The lowest BCUT2D eigenvalue weighted by Gasteiger charge is -2.22. The first kappa shape index (κ1) is 14.3. The topological polar surface area (TPSA) is 55.1 Å². The molecule has 0 saturated heterocycles. The van der Waals surface area contributed by atoms with Crippen molar-refractivity contribution in [3.05, 3.63) is 46.8 Å². The minimum absolute atomic E-state index is 0.260. The smallest absolute Gasteiger partial charge is 0.339 e. The molecule has 20 heavy (non-hydrogen) atoms. The molecule has 1 aromatic carbocycles. The van der Waals surface area contributed by atoms with Crippen molar-refractivity contribution in [3.63, 3.8) is 0 Å². The number of rotatable bonds is 2. The van der Waals surface area contributed by atoms with Crippen molar-refractivity contribution in [3.8, 4) is 5.69 Å². The number of nitrogens with zero attached hydrogens (tertiary/aromatic N) is 2. The summed E-state index contributed by atoms with van der Waals surface area (Å²) in [5.74, 6) is -0.940. The van der Waals surface area contributed by atoms with E-state index >= 15 is 0 Å². The lowest BCUT2D eigenvalue weighted by atomic mass is 9.89. The summed E-state index contributed by atoms with van der Waals surface area (Å²) in [6.07, 6.45) is 1.43. The van der Waals surface area contributed by atoms with Gasteiger partial charge in [-0.3, -0.25) is 0 Å². The number of benzene rings is 1. The standard InChI is InChI=1S/C16H20N2O2/c1-10-6-7-12(8-11(10)2)18-14(16(3,4)5)13(9-17-18)15(19)20/h6-9H,1-5H3,(H,19,20). The molecule has 2 rings (SSSR count). The molecule has 0 saturated carbocycles. The van der Waals surface area contributed by atoms with E-state index in [1.54, 1.807) is 4.68 Å². The fraction of sp³-hybridized carbons (Fsp3) is 0.375. The van der Waals surface area contributed by atoms with E-state index in [0.717, 1.165) is 11.3 Å². The van der Waals surface area contributed by atoms with E-state index in [1.165, 1.54) is 11.8 Å². The van der Waals surface area contributed by atoms with Gasteiger partial charge in [-0.1, -0.05) is 26.8 Å². The molecule has 4 nitrogen and oxygen atoms in total. The van der Waals surface area contributed by atoms with Crippen molar-refractivity contribution in [2.24, 2.45) is 0 Å². The summed E-state index contributed by atoms with van der Waals surface area (Å²) >= 11 is 0. The van der Waals surface area contributed by atoms with Gasteiger partial charge >= 0.3 is 5.97 Å². The maximum atomic E-state index is 11.4. The molecule has 1 N–H and O–H groups in total. The zero-order valence-electron chi connectivity index (χ0n) is 12.6. The average molecular weight is 272 g/mol. The van der Waals surface area contributed by atoms with Gasteiger partial charge in [0.2, 0.25) is 0 Å². The van der Waals surface area contributed by atoms with Crippen LogP contribution in [-0.2, 0) is 5.41 Å². The van der Waals surface area contributed by atoms with Gasteiger partial charge in [0.05, 0.1) is 17.6 Å². The van der Waals surface area contributed by atoms with Crippen LogP contribution in [0.25, 0.3) is 5.69 Å². The van der Waals surface area contributed by atoms with Crippen molar-refractivity contribution in [2.75, 3.05) is 0 Å². The number of aryl methyl sites for hydroxylation is 2. The second kappa shape index (κ2) is 4.78. The highest BCUT2D eigenvalue weighted by molar-refractivity contribution is 5.89. The molecule has 4 heteroatoms. The highest BCUT2D eigenvalue weighted by Gasteiger charge is 2.27. The van der Waals surface area contributed by atoms with Crippen LogP contribution < -0.4 is 0 Å². The lowest BCUT2D eigenvalue weighted by Crippen LogP contribution is -2.21. The van der Waals surface area contributed by atoms with E-state index < -0.39 is 5.97 Å². The highest BCUT2D eigenvalue weighted by atomic mass is 16.4.